The molecule has 2 heterocycles. The van der Waals surface area contributed by atoms with Crippen LogP contribution in [0.1, 0.15) is 56.1 Å². The van der Waals surface area contributed by atoms with Crippen LogP contribution in [0.2, 0.25) is 39.3 Å². The SMILES string of the molecule is C[Si](C)(C)c1cc(CP(C2CCNC2)C2CCNC2)c(C23CC4CC(CC(C4)C2CP)C3)cc1[Si](C)(C)C. The average Bonchev–Trinajstić information content (AvgIpc) is 3.55. The predicted octanol–water partition coefficient (Wildman–Crippen LogP) is 6.05. The zero-order valence-electron chi connectivity index (χ0n) is 25.3. The molecule has 6 heteroatoms. The number of benzene rings is 1. The molecule has 2 N–H and O–H groups in total. The molecule has 0 aromatic heterocycles. The first-order valence-corrected chi connectivity index (χ1v) is 25.5. The van der Waals surface area contributed by atoms with E-state index in [4.69, 9.17) is 0 Å². The summed E-state index contributed by atoms with van der Waals surface area (Å²) in [6, 6.07) is 5.83. The number of hydrogen-bond donors (Lipinski definition) is 2. The summed E-state index contributed by atoms with van der Waals surface area (Å²) in [7, 11) is 0.322. The van der Waals surface area contributed by atoms with Crippen LogP contribution in [0.15, 0.2) is 12.1 Å². The van der Waals surface area contributed by atoms with Crippen molar-refractivity contribution < 1.29 is 0 Å². The van der Waals surface area contributed by atoms with Gasteiger partial charge in [-0.2, -0.15) is 0 Å². The number of nitrogens with one attached hydrogen (secondary N) is 2. The van der Waals surface area contributed by atoms with Gasteiger partial charge in [-0.15, -0.1) is 9.24 Å². The van der Waals surface area contributed by atoms with Crippen molar-refractivity contribution in [2.75, 3.05) is 32.3 Å². The maximum Gasteiger partial charge on any atom is 0.0774 e. The highest BCUT2D eigenvalue weighted by Crippen LogP contribution is 2.65. The molecular weight excluding hydrogens is 530 g/mol. The minimum Gasteiger partial charge on any atom is -0.316 e. The molecule has 2 nitrogen and oxygen atoms in total. The van der Waals surface area contributed by atoms with E-state index in [1.165, 1.54) is 77.0 Å². The van der Waals surface area contributed by atoms with Crippen LogP contribution in [-0.4, -0.2) is 59.8 Å². The molecule has 6 aliphatic rings. The third kappa shape index (κ3) is 5.13. The summed E-state index contributed by atoms with van der Waals surface area (Å²) in [4.78, 5) is 0. The van der Waals surface area contributed by atoms with Gasteiger partial charge in [0.1, 0.15) is 0 Å². The van der Waals surface area contributed by atoms with Gasteiger partial charge in [-0.3, -0.25) is 0 Å². The highest BCUT2D eigenvalue weighted by Gasteiger charge is 2.57. The quantitative estimate of drug-likeness (QED) is 0.286. The predicted molar refractivity (Wildman–Crippen MR) is 179 cm³/mol. The van der Waals surface area contributed by atoms with E-state index in [9.17, 15) is 0 Å². The lowest BCUT2D eigenvalue weighted by molar-refractivity contribution is -0.0520. The second kappa shape index (κ2) is 10.6. The Hall–Kier alpha value is 0.434. The molecule has 212 valence electrons. The summed E-state index contributed by atoms with van der Waals surface area (Å²) in [5, 5.41) is 11.2. The minimum absolute atomic E-state index is 0.00468. The Kier molecular flexibility index (Phi) is 7.97. The standard InChI is InChI=1S/C32H56N2P2Si2/c1-37(2,3)30-14-25(21-36(26-7-9-33-18-26)27-8-10-34-19-27)28(15-31(30)38(4,5)6)32-16-22-11-23(17-32)13-24(12-22)29(32)20-35/h14-15,22-24,26-27,29,33-34H,7-13,16-21,35H2,1-6H3. The normalized spacial score (nSPS) is 37.8. The summed E-state index contributed by atoms with van der Waals surface area (Å²) in [6.07, 6.45) is 13.2. The van der Waals surface area contributed by atoms with Crippen LogP contribution in [-0.2, 0) is 11.6 Å². The number of hydrogen-bond acceptors (Lipinski definition) is 2. The monoisotopic (exact) mass is 586 g/mol. The molecule has 1 aromatic rings. The molecule has 1 aromatic carbocycles. The lowest BCUT2D eigenvalue weighted by Crippen LogP contribution is -2.59. The first-order chi connectivity index (χ1) is 18.0. The molecule has 4 aliphatic carbocycles. The van der Waals surface area contributed by atoms with E-state index in [0.717, 1.165) is 35.0 Å². The van der Waals surface area contributed by atoms with Crippen molar-refractivity contribution in [2.45, 2.75) is 107 Å². The Morgan fingerprint density at radius 1 is 0.842 bits per heavy atom. The van der Waals surface area contributed by atoms with Gasteiger partial charge in [-0.1, -0.05) is 69.7 Å². The van der Waals surface area contributed by atoms with Gasteiger partial charge in [0.05, 0.1) is 16.1 Å². The van der Waals surface area contributed by atoms with Gasteiger partial charge in [0, 0.05) is 13.1 Å². The van der Waals surface area contributed by atoms with Crippen LogP contribution in [0.25, 0.3) is 0 Å². The number of rotatable bonds is 8. The van der Waals surface area contributed by atoms with E-state index in [2.05, 4.69) is 71.3 Å². The molecule has 38 heavy (non-hydrogen) atoms. The van der Waals surface area contributed by atoms with Crippen molar-refractivity contribution in [1.82, 2.24) is 10.6 Å². The van der Waals surface area contributed by atoms with Gasteiger partial charge < -0.3 is 10.6 Å². The Balaban J connectivity index is 1.52. The molecule has 4 bridgehead atoms. The summed E-state index contributed by atoms with van der Waals surface area (Å²) in [5.41, 5.74) is 6.04. The van der Waals surface area contributed by atoms with Crippen molar-refractivity contribution >= 4 is 43.7 Å². The molecule has 2 aliphatic heterocycles. The summed E-state index contributed by atoms with van der Waals surface area (Å²) in [6.45, 7) is 20.8. The van der Waals surface area contributed by atoms with Crippen LogP contribution >= 0.6 is 17.2 Å². The summed E-state index contributed by atoms with van der Waals surface area (Å²) >= 11 is 0. The van der Waals surface area contributed by atoms with Crippen LogP contribution < -0.4 is 21.0 Å². The molecule has 6 unspecified atom stereocenters. The molecule has 6 atom stereocenters. The van der Waals surface area contributed by atoms with Crippen LogP contribution in [0.4, 0.5) is 0 Å². The van der Waals surface area contributed by atoms with E-state index in [1.807, 2.05) is 21.5 Å². The fourth-order valence-corrected chi connectivity index (χ4v) is 19.5. The Labute approximate surface area is 240 Å². The molecule has 0 amide bonds. The Morgan fingerprint density at radius 2 is 1.39 bits per heavy atom. The van der Waals surface area contributed by atoms with Crippen molar-refractivity contribution in [1.29, 1.82) is 0 Å². The smallest absolute Gasteiger partial charge is 0.0774 e. The van der Waals surface area contributed by atoms with Crippen molar-refractivity contribution in [2.24, 2.45) is 23.7 Å². The van der Waals surface area contributed by atoms with Gasteiger partial charge in [0.2, 0.25) is 0 Å². The van der Waals surface area contributed by atoms with Gasteiger partial charge in [-0.25, -0.2) is 0 Å². The molecule has 7 rings (SSSR count). The van der Waals surface area contributed by atoms with E-state index < -0.39 is 16.1 Å². The third-order valence-electron chi connectivity index (χ3n) is 11.5. The zero-order chi connectivity index (χ0) is 26.9. The minimum atomic E-state index is -1.46. The van der Waals surface area contributed by atoms with E-state index in [1.54, 1.807) is 6.42 Å². The Bertz CT molecular complexity index is 990. The van der Waals surface area contributed by atoms with E-state index in [0.29, 0.717) is 5.41 Å². The zero-order valence-corrected chi connectivity index (χ0v) is 29.4. The van der Waals surface area contributed by atoms with Crippen LogP contribution in [0.5, 0.6) is 0 Å². The van der Waals surface area contributed by atoms with E-state index >= 15 is 0 Å². The molecule has 2 saturated heterocycles. The van der Waals surface area contributed by atoms with Crippen molar-refractivity contribution in [3.8, 4) is 0 Å². The van der Waals surface area contributed by atoms with Gasteiger partial charge in [0.25, 0.3) is 0 Å². The van der Waals surface area contributed by atoms with Gasteiger partial charge in [0.15, 0.2) is 0 Å². The molecule has 0 spiro atoms. The lowest BCUT2D eigenvalue weighted by Gasteiger charge is -2.62. The Morgan fingerprint density at radius 3 is 1.87 bits per heavy atom. The lowest BCUT2D eigenvalue weighted by atomic mass is 9.43. The fourth-order valence-electron chi connectivity index (χ4n) is 10.1. The molecular formula is C32H56N2P2Si2. The van der Waals surface area contributed by atoms with Crippen molar-refractivity contribution in [3.05, 3.63) is 23.3 Å². The summed E-state index contributed by atoms with van der Waals surface area (Å²) < 4.78 is 0. The summed E-state index contributed by atoms with van der Waals surface area (Å²) in [5.74, 6) is 3.87. The highest BCUT2D eigenvalue weighted by atomic mass is 31.1. The van der Waals surface area contributed by atoms with Crippen LogP contribution in [0.3, 0.4) is 0 Å². The first-order valence-electron chi connectivity index (χ1n) is 16.0. The molecule has 6 fully saturated rings. The maximum absolute atomic E-state index is 3.77. The van der Waals surface area contributed by atoms with Crippen molar-refractivity contribution in [3.63, 3.8) is 0 Å². The molecule has 0 radical (unpaired) electrons. The highest BCUT2D eigenvalue weighted by molar-refractivity contribution is 7.58. The fraction of sp³-hybridized carbons (Fsp3) is 0.812. The second-order valence-electron chi connectivity index (χ2n) is 16.1. The third-order valence-corrected chi connectivity index (χ3v) is 19.8. The largest absolute Gasteiger partial charge is 0.316 e. The van der Waals surface area contributed by atoms with Gasteiger partial charge in [-0.05, 0) is 122 Å². The topological polar surface area (TPSA) is 24.1 Å². The maximum atomic E-state index is 3.77. The average molecular weight is 587 g/mol. The molecule has 4 saturated carbocycles. The first kappa shape index (κ1) is 28.5. The van der Waals surface area contributed by atoms with Gasteiger partial charge >= 0.3 is 0 Å². The second-order valence-corrected chi connectivity index (χ2v) is 29.5. The van der Waals surface area contributed by atoms with Crippen LogP contribution in [0, 0.1) is 23.7 Å². The van der Waals surface area contributed by atoms with E-state index in [-0.39, 0.29) is 7.92 Å².